The van der Waals surface area contributed by atoms with Gasteiger partial charge in [-0.2, -0.15) is 0 Å². The third kappa shape index (κ3) is 2.44. The van der Waals surface area contributed by atoms with Gasteiger partial charge in [0.25, 0.3) is 0 Å². The third-order valence-corrected chi connectivity index (χ3v) is 3.52. The maximum absolute atomic E-state index is 5.64. The Morgan fingerprint density at radius 1 is 1.22 bits per heavy atom. The van der Waals surface area contributed by atoms with Crippen LogP contribution < -0.4 is 5.73 Å². The predicted molar refractivity (Wildman–Crippen MR) is 79.1 cm³/mol. The zero-order valence-corrected chi connectivity index (χ0v) is 11.8. The lowest BCUT2D eigenvalue weighted by Gasteiger charge is -2.05. The van der Waals surface area contributed by atoms with Crippen molar-refractivity contribution < 1.29 is 0 Å². The van der Waals surface area contributed by atoms with Crippen LogP contribution in [0, 0.1) is 13.8 Å². The third-order valence-electron chi connectivity index (χ3n) is 3.52. The second kappa shape index (κ2) is 5.57. The number of rotatable bonds is 5. The molecule has 0 aliphatic rings. The monoisotopic (exact) mass is 244 g/mol. The molecule has 0 saturated carbocycles. The highest BCUT2D eigenvalue weighted by Crippen LogP contribution is 2.27. The van der Waals surface area contributed by atoms with Crippen LogP contribution >= 0.6 is 0 Å². The quantitative estimate of drug-likeness (QED) is 0.856. The summed E-state index contributed by atoms with van der Waals surface area (Å²) in [6, 6.07) is 4.59. The molecular formula is C16H24N2. The van der Waals surface area contributed by atoms with Gasteiger partial charge in [0.05, 0.1) is 0 Å². The van der Waals surface area contributed by atoms with Crippen molar-refractivity contribution in [1.29, 1.82) is 0 Å². The maximum Gasteiger partial charge on any atom is 0.0488 e. The van der Waals surface area contributed by atoms with Crippen LogP contribution in [0.25, 0.3) is 10.9 Å². The Bertz CT molecular complexity index is 538. The Balaban J connectivity index is 2.56. The van der Waals surface area contributed by atoms with Crippen LogP contribution in [0.3, 0.4) is 0 Å². The fourth-order valence-electron chi connectivity index (χ4n) is 2.82. The molecule has 0 saturated heterocycles. The molecule has 1 heterocycles. The Morgan fingerprint density at radius 2 is 2.00 bits per heavy atom. The first-order valence-corrected chi connectivity index (χ1v) is 6.96. The Hall–Kier alpha value is -1.28. The van der Waals surface area contributed by atoms with Gasteiger partial charge in [-0.05, 0) is 62.4 Å². The molecule has 2 N–H and O–H groups in total. The van der Waals surface area contributed by atoms with Crippen LogP contribution in [0.5, 0.6) is 0 Å². The van der Waals surface area contributed by atoms with E-state index in [-0.39, 0.29) is 0 Å². The summed E-state index contributed by atoms with van der Waals surface area (Å²) in [5, 5.41) is 1.45. The molecular weight excluding hydrogens is 220 g/mol. The van der Waals surface area contributed by atoms with E-state index < -0.39 is 0 Å². The molecule has 98 valence electrons. The highest BCUT2D eigenvalue weighted by Gasteiger charge is 2.10. The Kier molecular flexibility index (Phi) is 4.07. The summed E-state index contributed by atoms with van der Waals surface area (Å²) >= 11 is 0. The van der Waals surface area contributed by atoms with Gasteiger partial charge in [0, 0.05) is 23.6 Å². The van der Waals surface area contributed by atoms with Crippen molar-refractivity contribution in [2.75, 3.05) is 6.54 Å². The molecule has 1 aromatic carbocycles. The number of nitrogens with zero attached hydrogens (tertiary/aromatic N) is 1. The van der Waals surface area contributed by atoms with Crippen LogP contribution in [-0.2, 0) is 13.0 Å². The molecule has 2 nitrogen and oxygen atoms in total. The summed E-state index contributed by atoms with van der Waals surface area (Å²) in [6.45, 7) is 8.49. The first-order chi connectivity index (χ1) is 8.67. The highest BCUT2D eigenvalue weighted by atomic mass is 15.0. The van der Waals surface area contributed by atoms with Crippen molar-refractivity contribution in [2.45, 2.75) is 46.6 Å². The average molecular weight is 244 g/mol. The molecule has 0 aliphatic carbocycles. The fraction of sp³-hybridized carbons (Fsp3) is 0.500. The summed E-state index contributed by atoms with van der Waals surface area (Å²) in [5.41, 5.74) is 11.2. The van der Waals surface area contributed by atoms with Gasteiger partial charge in [0.1, 0.15) is 0 Å². The van der Waals surface area contributed by atoms with E-state index in [1.54, 1.807) is 0 Å². The summed E-state index contributed by atoms with van der Waals surface area (Å²) in [7, 11) is 0. The van der Waals surface area contributed by atoms with E-state index in [4.69, 9.17) is 5.73 Å². The van der Waals surface area contributed by atoms with Gasteiger partial charge in [0.2, 0.25) is 0 Å². The largest absolute Gasteiger partial charge is 0.347 e. The molecule has 2 aromatic rings. The topological polar surface area (TPSA) is 30.9 Å². The lowest BCUT2D eigenvalue weighted by molar-refractivity contribution is 0.699. The van der Waals surface area contributed by atoms with Gasteiger partial charge < -0.3 is 10.3 Å². The second-order valence-electron chi connectivity index (χ2n) is 5.22. The van der Waals surface area contributed by atoms with Crippen molar-refractivity contribution in [3.63, 3.8) is 0 Å². The van der Waals surface area contributed by atoms with Crippen molar-refractivity contribution in [3.8, 4) is 0 Å². The predicted octanol–water partition coefficient (Wildman–Crippen LogP) is 3.56. The normalized spacial score (nSPS) is 11.3. The van der Waals surface area contributed by atoms with Crippen molar-refractivity contribution >= 4 is 10.9 Å². The standard InChI is InChI=1S/C16H24N2/c1-4-8-18-11-14(6-5-7-17)16-13(3)9-12(2)10-15(16)18/h9-11H,4-8,17H2,1-3H3. The fourth-order valence-corrected chi connectivity index (χ4v) is 2.82. The number of fused-ring (bicyclic) bond motifs is 1. The first-order valence-electron chi connectivity index (χ1n) is 6.96. The molecule has 0 fully saturated rings. The van der Waals surface area contributed by atoms with Crippen LogP contribution in [0.15, 0.2) is 18.3 Å². The molecule has 1 aromatic heterocycles. The minimum Gasteiger partial charge on any atom is -0.347 e. The summed E-state index contributed by atoms with van der Waals surface area (Å²) in [5.74, 6) is 0. The molecule has 0 radical (unpaired) electrons. The van der Waals surface area contributed by atoms with E-state index in [1.165, 1.54) is 34.0 Å². The molecule has 0 spiro atoms. The van der Waals surface area contributed by atoms with E-state index in [2.05, 4.69) is 43.7 Å². The Morgan fingerprint density at radius 3 is 2.67 bits per heavy atom. The summed E-state index contributed by atoms with van der Waals surface area (Å²) in [6.07, 6.45) is 5.66. The minimum absolute atomic E-state index is 0.769. The van der Waals surface area contributed by atoms with Crippen LogP contribution in [0.4, 0.5) is 0 Å². The van der Waals surface area contributed by atoms with E-state index in [0.29, 0.717) is 0 Å². The zero-order chi connectivity index (χ0) is 13.1. The molecule has 2 heteroatoms. The smallest absolute Gasteiger partial charge is 0.0488 e. The van der Waals surface area contributed by atoms with Crippen molar-refractivity contribution in [1.82, 2.24) is 4.57 Å². The van der Waals surface area contributed by atoms with Gasteiger partial charge in [-0.25, -0.2) is 0 Å². The SMILES string of the molecule is CCCn1cc(CCCN)c2c(C)cc(C)cc21. The molecule has 0 aliphatic heterocycles. The van der Waals surface area contributed by atoms with E-state index in [0.717, 1.165) is 25.9 Å². The molecule has 0 bridgehead atoms. The van der Waals surface area contributed by atoms with Crippen molar-refractivity contribution in [3.05, 3.63) is 35.0 Å². The second-order valence-corrected chi connectivity index (χ2v) is 5.22. The number of hydrogen-bond donors (Lipinski definition) is 1. The highest BCUT2D eigenvalue weighted by molar-refractivity contribution is 5.88. The Labute approximate surface area is 110 Å². The lowest BCUT2D eigenvalue weighted by atomic mass is 10.0. The zero-order valence-electron chi connectivity index (χ0n) is 11.8. The summed E-state index contributed by atoms with van der Waals surface area (Å²) < 4.78 is 2.40. The van der Waals surface area contributed by atoms with E-state index in [9.17, 15) is 0 Å². The minimum atomic E-state index is 0.769. The molecule has 18 heavy (non-hydrogen) atoms. The van der Waals surface area contributed by atoms with E-state index in [1.807, 2.05) is 0 Å². The van der Waals surface area contributed by atoms with Gasteiger partial charge in [0.15, 0.2) is 0 Å². The maximum atomic E-state index is 5.64. The molecule has 0 unspecified atom stereocenters. The van der Waals surface area contributed by atoms with Crippen LogP contribution in [0.2, 0.25) is 0 Å². The number of aromatic nitrogens is 1. The first kappa shape index (κ1) is 13.2. The molecule has 0 atom stereocenters. The van der Waals surface area contributed by atoms with Crippen molar-refractivity contribution in [2.24, 2.45) is 5.73 Å². The van der Waals surface area contributed by atoms with Gasteiger partial charge in [-0.3, -0.25) is 0 Å². The van der Waals surface area contributed by atoms with Crippen LogP contribution in [0.1, 0.15) is 36.5 Å². The van der Waals surface area contributed by atoms with Gasteiger partial charge >= 0.3 is 0 Å². The van der Waals surface area contributed by atoms with Crippen LogP contribution in [-0.4, -0.2) is 11.1 Å². The lowest BCUT2D eigenvalue weighted by Crippen LogP contribution is -2.00. The number of aryl methyl sites for hydroxylation is 4. The number of hydrogen-bond acceptors (Lipinski definition) is 1. The average Bonchev–Trinajstić information content (AvgIpc) is 2.65. The summed E-state index contributed by atoms with van der Waals surface area (Å²) in [4.78, 5) is 0. The van der Waals surface area contributed by atoms with Gasteiger partial charge in [-0.1, -0.05) is 13.0 Å². The van der Waals surface area contributed by atoms with Gasteiger partial charge in [-0.15, -0.1) is 0 Å². The van der Waals surface area contributed by atoms with E-state index >= 15 is 0 Å². The molecule has 0 amide bonds. The number of nitrogens with two attached hydrogens (primary N) is 1. The number of benzene rings is 1. The molecule has 2 rings (SSSR count).